The molecule has 0 aromatic carbocycles. The molecule has 2 unspecified atom stereocenters. The Kier molecular flexibility index (Phi) is 3.93. The second-order valence-corrected chi connectivity index (χ2v) is 8.39. The summed E-state index contributed by atoms with van der Waals surface area (Å²) in [5.74, 6) is 0.283. The van der Waals surface area contributed by atoms with E-state index in [0.29, 0.717) is 17.4 Å². The van der Waals surface area contributed by atoms with Crippen LogP contribution < -0.4 is 0 Å². The van der Waals surface area contributed by atoms with Gasteiger partial charge in [0.2, 0.25) is 0 Å². The van der Waals surface area contributed by atoms with E-state index < -0.39 is 5.97 Å². The molecule has 2 aliphatic carbocycles. The Bertz CT molecular complexity index is 243. The fourth-order valence-electron chi connectivity index (χ4n) is 2.09. The first-order chi connectivity index (χ1) is 6.50. The fraction of sp³-hybridized carbons (Fsp3) is 0.727. The molecule has 0 spiro atoms. The van der Waals surface area contributed by atoms with E-state index in [1.165, 1.54) is 6.42 Å². The number of carboxylic acid groups (broad SMARTS) is 1. The van der Waals surface area contributed by atoms with Crippen LogP contribution in [0.25, 0.3) is 0 Å². The van der Waals surface area contributed by atoms with Crippen molar-refractivity contribution in [2.45, 2.75) is 38.9 Å². The van der Waals surface area contributed by atoms with Crippen molar-refractivity contribution in [3.05, 3.63) is 11.6 Å². The third kappa shape index (κ3) is 2.98. The number of aliphatic carboxylic acids is 1. The van der Waals surface area contributed by atoms with E-state index in [1.807, 2.05) is 6.08 Å². The second-order valence-electron chi connectivity index (χ2n) is 4.93. The molecule has 0 aromatic heterocycles. The van der Waals surface area contributed by atoms with Crippen molar-refractivity contribution >= 4 is 14.8 Å². The standard InChI is InChI=1S/C8H10O2.C3H10Si/c9-8(10)7-4-5-1-2-6(7)3-5;1-4(2)3/h4-6H,1-3H2,(H,9,10);4H,1-3H3. The Hall–Kier alpha value is -0.573. The quantitative estimate of drug-likeness (QED) is 0.678. The molecule has 2 aliphatic rings. The molecule has 2 bridgehead atoms. The molecule has 2 rings (SSSR count). The average Bonchev–Trinajstić information content (AvgIpc) is 2.61. The Morgan fingerprint density at radius 2 is 2.00 bits per heavy atom. The van der Waals surface area contributed by atoms with Gasteiger partial charge in [-0.15, -0.1) is 0 Å². The molecule has 0 amide bonds. The van der Waals surface area contributed by atoms with Crippen molar-refractivity contribution in [2.24, 2.45) is 11.8 Å². The highest BCUT2D eigenvalue weighted by molar-refractivity contribution is 6.54. The lowest BCUT2D eigenvalue weighted by molar-refractivity contribution is -0.133. The van der Waals surface area contributed by atoms with E-state index in [4.69, 9.17) is 5.11 Å². The fourth-order valence-corrected chi connectivity index (χ4v) is 2.09. The summed E-state index contributed by atoms with van der Waals surface area (Å²) in [6.45, 7) is 6.92. The van der Waals surface area contributed by atoms with Gasteiger partial charge in [-0.3, -0.25) is 0 Å². The van der Waals surface area contributed by atoms with E-state index in [9.17, 15) is 4.79 Å². The number of hydrogen-bond acceptors (Lipinski definition) is 1. The minimum Gasteiger partial charge on any atom is -0.478 e. The Morgan fingerprint density at radius 3 is 2.21 bits per heavy atom. The van der Waals surface area contributed by atoms with Crippen molar-refractivity contribution in [3.63, 3.8) is 0 Å². The largest absolute Gasteiger partial charge is 0.478 e. The molecule has 3 heteroatoms. The predicted octanol–water partition coefficient (Wildman–Crippen LogP) is 2.53. The van der Waals surface area contributed by atoms with Gasteiger partial charge in [0.05, 0.1) is 0 Å². The molecule has 2 atom stereocenters. The monoisotopic (exact) mass is 212 g/mol. The third-order valence-electron chi connectivity index (χ3n) is 2.58. The lowest BCUT2D eigenvalue weighted by Crippen LogP contribution is -2.07. The molecule has 0 radical (unpaired) electrons. The number of carboxylic acids is 1. The lowest BCUT2D eigenvalue weighted by Gasteiger charge is -2.06. The first kappa shape index (κ1) is 11.5. The number of carbonyl (C=O) groups is 1. The van der Waals surface area contributed by atoms with Gasteiger partial charge in [0, 0.05) is 14.4 Å². The van der Waals surface area contributed by atoms with Gasteiger partial charge < -0.3 is 5.11 Å². The van der Waals surface area contributed by atoms with Crippen molar-refractivity contribution < 1.29 is 9.90 Å². The molecule has 0 aromatic rings. The summed E-state index contributed by atoms with van der Waals surface area (Å²) >= 11 is 0. The van der Waals surface area contributed by atoms with Gasteiger partial charge >= 0.3 is 5.97 Å². The van der Waals surface area contributed by atoms with Crippen LogP contribution in [-0.2, 0) is 4.79 Å². The third-order valence-corrected chi connectivity index (χ3v) is 2.58. The SMILES string of the molecule is C[SiH](C)C.O=C(O)C1=CC2CCC1C2. The van der Waals surface area contributed by atoms with Gasteiger partial charge in [0.1, 0.15) is 0 Å². The van der Waals surface area contributed by atoms with E-state index in [1.54, 1.807) is 0 Å². The highest BCUT2D eigenvalue weighted by atomic mass is 28.3. The van der Waals surface area contributed by atoms with Crippen molar-refractivity contribution in [2.75, 3.05) is 0 Å². The maximum absolute atomic E-state index is 10.5. The van der Waals surface area contributed by atoms with Crippen LogP contribution in [0, 0.1) is 11.8 Å². The minimum absolute atomic E-state index is 0.139. The number of hydrogen-bond donors (Lipinski definition) is 1. The zero-order valence-electron chi connectivity index (χ0n) is 9.29. The highest BCUT2D eigenvalue weighted by Crippen LogP contribution is 2.43. The van der Waals surface area contributed by atoms with Crippen LogP contribution in [0.2, 0.25) is 19.6 Å². The number of rotatable bonds is 1. The first-order valence-electron chi connectivity index (χ1n) is 5.45. The molecule has 1 fully saturated rings. The van der Waals surface area contributed by atoms with Crippen molar-refractivity contribution in [1.82, 2.24) is 0 Å². The first-order valence-corrected chi connectivity index (χ1v) is 8.92. The molecule has 2 nitrogen and oxygen atoms in total. The molecule has 0 saturated heterocycles. The molecule has 0 aliphatic heterocycles. The Morgan fingerprint density at radius 1 is 1.43 bits per heavy atom. The lowest BCUT2D eigenvalue weighted by atomic mass is 9.99. The van der Waals surface area contributed by atoms with Crippen LogP contribution >= 0.6 is 0 Å². The molecular formula is C11H20O2Si. The maximum atomic E-state index is 10.5. The summed E-state index contributed by atoms with van der Waals surface area (Å²) < 4.78 is 0. The molecule has 1 N–H and O–H groups in total. The molecule has 0 heterocycles. The van der Waals surface area contributed by atoms with Crippen molar-refractivity contribution in [1.29, 1.82) is 0 Å². The Balaban J connectivity index is 0.000000213. The van der Waals surface area contributed by atoms with Crippen molar-refractivity contribution in [3.8, 4) is 0 Å². The van der Waals surface area contributed by atoms with Gasteiger partial charge in [-0.1, -0.05) is 25.7 Å². The van der Waals surface area contributed by atoms with Gasteiger partial charge in [0.15, 0.2) is 0 Å². The van der Waals surface area contributed by atoms with E-state index in [2.05, 4.69) is 19.6 Å². The number of allylic oxidation sites excluding steroid dienone is 1. The zero-order valence-corrected chi connectivity index (χ0v) is 10.4. The minimum atomic E-state index is -0.702. The summed E-state index contributed by atoms with van der Waals surface area (Å²) in [6, 6.07) is 0. The summed E-state index contributed by atoms with van der Waals surface area (Å²) in [5.41, 5.74) is 0.677. The summed E-state index contributed by atoms with van der Waals surface area (Å²) in [6.07, 6.45) is 5.35. The maximum Gasteiger partial charge on any atom is 0.331 e. The molecule has 80 valence electrons. The van der Waals surface area contributed by atoms with Crippen LogP contribution in [-0.4, -0.2) is 19.9 Å². The van der Waals surface area contributed by atoms with Crippen LogP contribution in [0.5, 0.6) is 0 Å². The molecule has 1 saturated carbocycles. The van der Waals surface area contributed by atoms with Gasteiger partial charge in [0.25, 0.3) is 0 Å². The van der Waals surface area contributed by atoms with Crippen LogP contribution in [0.3, 0.4) is 0 Å². The summed E-state index contributed by atoms with van der Waals surface area (Å²) in [5, 5.41) is 8.67. The number of fused-ring (bicyclic) bond motifs is 2. The normalized spacial score (nSPS) is 28.4. The molecular weight excluding hydrogens is 192 g/mol. The van der Waals surface area contributed by atoms with Gasteiger partial charge in [-0.2, -0.15) is 0 Å². The van der Waals surface area contributed by atoms with Crippen LogP contribution in [0.1, 0.15) is 19.3 Å². The zero-order chi connectivity index (χ0) is 10.7. The van der Waals surface area contributed by atoms with Gasteiger partial charge in [-0.05, 0) is 31.1 Å². The van der Waals surface area contributed by atoms with E-state index in [-0.39, 0.29) is 8.80 Å². The second kappa shape index (κ2) is 4.78. The Labute approximate surface area is 87.6 Å². The average molecular weight is 212 g/mol. The van der Waals surface area contributed by atoms with E-state index >= 15 is 0 Å². The summed E-state index contributed by atoms with van der Waals surface area (Å²) in [7, 11) is -0.139. The molecule has 14 heavy (non-hydrogen) atoms. The van der Waals surface area contributed by atoms with Crippen LogP contribution in [0.4, 0.5) is 0 Å². The van der Waals surface area contributed by atoms with Crippen LogP contribution in [0.15, 0.2) is 11.6 Å². The topological polar surface area (TPSA) is 37.3 Å². The highest BCUT2D eigenvalue weighted by Gasteiger charge is 2.35. The smallest absolute Gasteiger partial charge is 0.331 e. The predicted molar refractivity (Wildman–Crippen MR) is 61.3 cm³/mol. The summed E-state index contributed by atoms with van der Waals surface area (Å²) in [4.78, 5) is 10.5. The van der Waals surface area contributed by atoms with E-state index in [0.717, 1.165) is 12.8 Å². The van der Waals surface area contributed by atoms with Gasteiger partial charge in [-0.25, -0.2) is 4.79 Å².